The van der Waals surface area contributed by atoms with Crippen LogP contribution in [0.5, 0.6) is 0 Å². The highest BCUT2D eigenvalue weighted by molar-refractivity contribution is 9.10. The Bertz CT molecular complexity index is 1090. The highest BCUT2D eigenvalue weighted by Gasteiger charge is 2.72. The lowest BCUT2D eigenvalue weighted by atomic mass is 9.52. The zero-order chi connectivity index (χ0) is 22.0. The van der Waals surface area contributed by atoms with Gasteiger partial charge < -0.3 is 20.1 Å². The number of nitrogens with zero attached hydrogens (tertiary/aromatic N) is 2. The van der Waals surface area contributed by atoms with Crippen LogP contribution in [0.2, 0.25) is 0 Å². The number of nitrogens with one attached hydrogen (secondary N) is 1. The van der Waals surface area contributed by atoms with Gasteiger partial charge in [0.05, 0.1) is 23.6 Å². The summed E-state index contributed by atoms with van der Waals surface area (Å²) in [6.07, 6.45) is -0.154. The molecule has 3 heterocycles. The second kappa shape index (κ2) is 6.97. The average molecular weight is 486 g/mol. The van der Waals surface area contributed by atoms with Crippen molar-refractivity contribution < 1.29 is 19.4 Å². The minimum absolute atomic E-state index is 0.0695. The molecule has 0 unspecified atom stereocenters. The van der Waals surface area contributed by atoms with Crippen LogP contribution in [-0.2, 0) is 20.4 Å². The van der Waals surface area contributed by atoms with Crippen LogP contribution < -0.4 is 15.1 Å². The molecule has 1 fully saturated rings. The Morgan fingerprint density at radius 1 is 1.26 bits per heavy atom. The van der Waals surface area contributed by atoms with E-state index in [0.717, 1.165) is 21.3 Å². The molecule has 3 atom stereocenters. The second-order valence-corrected chi connectivity index (χ2v) is 9.19. The molecular formula is C23H24BrN3O4. The van der Waals surface area contributed by atoms with Crippen LogP contribution >= 0.6 is 15.9 Å². The maximum atomic E-state index is 13.7. The third kappa shape index (κ3) is 2.27. The molecule has 0 radical (unpaired) electrons. The van der Waals surface area contributed by atoms with Crippen LogP contribution in [0, 0.1) is 0 Å². The van der Waals surface area contributed by atoms with Gasteiger partial charge in [-0.2, -0.15) is 0 Å². The Hall–Kier alpha value is -2.58. The number of fused-ring (bicyclic) bond motifs is 6. The molecule has 3 aliphatic rings. The van der Waals surface area contributed by atoms with Gasteiger partial charge in [-0.25, -0.2) is 4.79 Å². The molecule has 2 aromatic carbocycles. The first-order valence-corrected chi connectivity index (χ1v) is 11.1. The molecule has 0 bridgehead atoms. The van der Waals surface area contributed by atoms with E-state index in [1.54, 1.807) is 4.90 Å². The van der Waals surface area contributed by atoms with E-state index >= 15 is 0 Å². The van der Waals surface area contributed by atoms with E-state index in [4.69, 9.17) is 4.74 Å². The first-order chi connectivity index (χ1) is 15.0. The summed E-state index contributed by atoms with van der Waals surface area (Å²) in [7, 11) is 3.29. The quantitative estimate of drug-likeness (QED) is 0.683. The Morgan fingerprint density at radius 2 is 2.00 bits per heavy atom. The first-order valence-electron chi connectivity index (χ1n) is 10.3. The first kappa shape index (κ1) is 20.3. The summed E-state index contributed by atoms with van der Waals surface area (Å²) in [5, 5.41) is 13.4. The molecule has 5 rings (SSSR count). The molecule has 2 N–H and O–H groups in total. The zero-order valence-corrected chi connectivity index (χ0v) is 19.0. The Balaban J connectivity index is 1.97. The molecule has 0 aromatic heterocycles. The molecule has 7 nitrogen and oxygen atoms in total. The molecule has 162 valence electrons. The van der Waals surface area contributed by atoms with Crippen LogP contribution in [0.1, 0.15) is 24.0 Å². The molecule has 31 heavy (non-hydrogen) atoms. The number of ether oxygens (including phenoxy) is 1. The second-order valence-electron chi connectivity index (χ2n) is 8.33. The van der Waals surface area contributed by atoms with Crippen LogP contribution in [-0.4, -0.2) is 50.6 Å². The number of carbonyl (C=O) groups is 2. The number of rotatable bonds is 2. The minimum atomic E-state index is -0.940. The molecule has 8 heteroatoms. The van der Waals surface area contributed by atoms with E-state index in [-0.39, 0.29) is 12.5 Å². The van der Waals surface area contributed by atoms with Crippen LogP contribution in [0.25, 0.3) is 0 Å². The number of likely N-dealkylation sites (N-methyl/N-ethyl adjacent to an activating group) is 1. The van der Waals surface area contributed by atoms with Crippen molar-refractivity contribution >= 4 is 39.3 Å². The topological polar surface area (TPSA) is 82.1 Å². The summed E-state index contributed by atoms with van der Waals surface area (Å²) >= 11 is 3.73. The van der Waals surface area contributed by atoms with Crippen LogP contribution in [0.3, 0.4) is 0 Å². The van der Waals surface area contributed by atoms with Gasteiger partial charge in [-0.1, -0.05) is 40.2 Å². The molecule has 3 aliphatic heterocycles. The van der Waals surface area contributed by atoms with Gasteiger partial charge in [0, 0.05) is 35.9 Å². The van der Waals surface area contributed by atoms with E-state index in [1.165, 1.54) is 7.11 Å². The zero-order valence-electron chi connectivity index (χ0n) is 17.4. The Kier molecular flexibility index (Phi) is 4.57. The lowest BCUT2D eigenvalue weighted by Gasteiger charge is -2.56. The molecule has 1 spiro atoms. The molecule has 2 aromatic rings. The van der Waals surface area contributed by atoms with E-state index in [2.05, 4.69) is 21.2 Å². The van der Waals surface area contributed by atoms with Gasteiger partial charge in [-0.15, -0.1) is 0 Å². The summed E-state index contributed by atoms with van der Waals surface area (Å²) in [5.74, 6) is -0.0695. The number of aliphatic hydroxyl groups is 1. The van der Waals surface area contributed by atoms with Gasteiger partial charge in [0.2, 0.25) is 5.91 Å². The highest BCUT2D eigenvalue weighted by Crippen LogP contribution is 2.65. The largest absolute Gasteiger partial charge is 0.452 e. The fourth-order valence-corrected chi connectivity index (χ4v) is 7.04. The SMILES string of the molecule is COC(=O)N1c2ccccc2[C@]2(CCNC2=O)[C@@]2(CCO)c3c(Br)cccc3N(C)[C@@H]12. The minimum Gasteiger partial charge on any atom is -0.452 e. The van der Waals surface area contributed by atoms with Gasteiger partial charge in [0.1, 0.15) is 6.17 Å². The van der Waals surface area contributed by atoms with Crippen molar-refractivity contribution in [3.63, 3.8) is 0 Å². The summed E-state index contributed by atoms with van der Waals surface area (Å²) in [6.45, 7) is 0.409. The number of methoxy groups -OCH3 is 1. The summed E-state index contributed by atoms with van der Waals surface area (Å²) in [5.41, 5.74) is 1.50. The number of amides is 2. The van der Waals surface area contributed by atoms with E-state index < -0.39 is 23.1 Å². The van der Waals surface area contributed by atoms with Crippen molar-refractivity contribution in [3.8, 4) is 0 Å². The summed E-state index contributed by atoms with van der Waals surface area (Å²) in [6, 6.07) is 13.5. The number of hydrogen-bond donors (Lipinski definition) is 2. The van der Waals surface area contributed by atoms with Crippen molar-refractivity contribution in [1.82, 2.24) is 5.32 Å². The lowest BCUT2D eigenvalue weighted by molar-refractivity contribution is -0.127. The number of aliphatic hydroxyl groups excluding tert-OH is 1. The smallest absolute Gasteiger partial charge is 0.415 e. The van der Waals surface area contributed by atoms with E-state index in [0.29, 0.717) is 25.1 Å². The van der Waals surface area contributed by atoms with Crippen molar-refractivity contribution in [2.45, 2.75) is 29.8 Å². The van der Waals surface area contributed by atoms with Gasteiger partial charge >= 0.3 is 6.09 Å². The van der Waals surface area contributed by atoms with Crippen molar-refractivity contribution in [1.29, 1.82) is 0 Å². The van der Waals surface area contributed by atoms with Crippen molar-refractivity contribution in [2.75, 3.05) is 37.1 Å². The number of hydrogen-bond acceptors (Lipinski definition) is 5. The van der Waals surface area contributed by atoms with Gasteiger partial charge in [-0.3, -0.25) is 9.69 Å². The van der Waals surface area contributed by atoms with E-state index in [9.17, 15) is 14.7 Å². The lowest BCUT2D eigenvalue weighted by Crippen LogP contribution is -2.70. The van der Waals surface area contributed by atoms with E-state index in [1.807, 2.05) is 54.4 Å². The maximum absolute atomic E-state index is 13.7. The Labute approximate surface area is 189 Å². The number of halogens is 1. The maximum Gasteiger partial charge on any atom is 0.415 e. The molecule has 2 amide bonds. The molecule has 1 saturated heterocycles. The van der Waals surface area contributed by atoms with Crippen LogP contribution in [0.15, 0.2) is 46.9 Å². The number of anilines is 2. The van der Waals surface area contributed by atoms with Gasteiger partial charge in [0.25, 0.3) is 0 Å². The highest BCUT2D eigenvalue weighted by atomic mass is 79.9. The fourth-order valence-electron chi connectivity index (χ4n) is 6.33. The third-order valence-electron chi connectivity index (χ3n) is 7.31. The summed E-state index contributed by atoms with van der Waals surface area (Å²) in [4.78, 5) is 30.6. The number of para-hydroxylation sites is 1. The van der Waals surface area contributed by atoms with Crippen LogP contribution in [0.4, 0.5) is 16.2 Å². The fraction of sp³-hybridized carbons (Fsp3) is 0.391. The summed E-state index contributed by atoms with van der Waals surface area (Å²) < 4.78 is 6.08. The standard InChI is InChI=1S/C23H24BrN3O4/c1-26-17-9-5-7-15(24)18(17)23(11-13-28)20(26)27(21(30)31-2)16-8-4-3-6-14(16)22(23)10-12-25-19(22)29/h3-9,20,28H,10-13H2,1-2H3,(H,25,29)/t20-,22-,23-/m0/s1. The van der Waals surface area contributed by atoms with Crippen molar-refractivity contribution in [3.05, 3.63) is 58.1 Å². The molecule has 0 saturated carbocycles. The predicted molar refractivity (Wildman–Crippen MR) is 120 cm³/mol. The number of carbonyl (C=O) groups excluding carboxylic acids is 2. The normalized spacial score (nSPS) is 28.3. The van der Waals surface area contributed by atoms with Gasteiger partial charge in [0.15, 0.2) is 0 Å². The van der Waals surface area contributed by atoms with Gasteiger partial charge in [-0.05, 0) is 36.6 Å². The predicted octanol–water partition coefficient (Wildman–Crippen LogP) is 2.89. The molecule has 0 aliphatic carbocycles. The van der Waals surface area contributed by atoms with Crippen molar-refractivity contribution in [2.24, 2.45) is 0 Å². The monoisotopic (exact) mass is 485 g/mol. The number of benzene rings is 2. The third-order valence-corrected chi connectivity index (χ3v) is 7.97. The Morgan fingerprint density at radius 3 is 2.68 bits per heavy atom. The molecular weight excluding hydrogens is 462 g/mol. The average Bonchev–Trinajstić information content (AvgIpc) is 3.27.